The number of piperazine rings is 1. The molecular formula is C22H23N3O4S. The summed E-state index contributed by atoms with van der Waals surface area (Å²) in [4.78, 5) is 14.1. The molecule has 1 saturated heterocycles. The van der Waals surface area contributed by atoms with Gasteiger partial charge in [0.05, 0.1) is 10.5 Å². The summed E-state index contributed by atoms with van der Waals surface area (Å²) in [6.45, 7) is 0.892. The number of fused-ring (bicyclic) bond motifs is 1. The summed E-state index contributed by atoms with van der Waals surface area (Å²) in [5.74, 6) is 0.531. The average molecular weight is 426 g/mol. The number of amides is 1. The van der Waals surface area contributed by atoms with Gasteiger partial charge >= 0.3 is 0 Å². The molecule has 30 heavy (non-hydrogen) atoms. The van der Waals surface area contributed by atoms with Crippen molar-refractivity contribution in [3.05, 3.63) is 59.2 Å². The Morgan fingerprint density at radius 2 is 1.77 bits per heavy atom. The summed E-state index contributed by atoms with van der Waals surface area (Å²) in [5.41, 5.74) is 2.76. The minimum atomic E-state index is -3.77. The summed E-state index contributed by atoms with van der Waals surface area (Å²) >= 11 is 0. The highest BCUT2D eigenvalue weighted by molar-refractivity contribution is 7.89. The molecule has 2 aliphatic rings. The van der Waals surface area contributed by atoms with Gasteiger partial charge in [-0.2, -0.15) is 9.57 Å². The van der Waals surface area contributed by atoms with Gasteiger partial charge in [0.15, 0.2) is 6.61 Å². The van der Waals surface area contributed by atoms with Crippen molar-refractivity contribution in [2.75, 3.05) is 32.8 Å². The van der Waals surface area contributed by atoms with Crippen molar-refractivity contribution < 1.29 is 17.9 Å². The van der Waals surface area contributed by atoms with Crippen LogP contribution in [0.2, 0.25) is 0 Å². The van der Waals surface area contributed by atoms with E-state index in [1.165, 1.54) is 27.6 Å². The molecule has 1 fully saturated rings. The number of ether oxygens (including phenoxy) is 1. The normalized spacial score (nSPS) is 16.7. The number of carbonyl (C=O) groups excluding carboxylic acids is 1. The van der Waals surface area contributed by atoms with Gasteiger partial charge in [0.1, 0.15) is 11.8 Å². The lowest BCUT2D eigenvalue weighted by atomic mass is 10.1. The zero-order valence-corrected chi connectivity index (χ0v) is 17.4. The smallest absolute Gasteiger partial charge is 0.260 e. The van der Waals surface area contributed by atoms with Crippen LogP contribution in [-0.4, -0.2) is 56.3 Å². The lowest BCUT2D eigenvalue weighted by Crippen LogP contribution is -2.51. The van der Waals surface area contributed by atoms with Gasteiger partial charge in [0, 0.05) is 26.2 Å². The Morgan fingerprint density at radius 1 is 1.03 bits per heavy atom. The standard InChI is InChI=1S/C22H23N3O4S/c23-15-19-4-1-2-7-21(19)30(27,28)25-12-10-24(11-13-25)22(26)16-29-20-9-8-17-5-3-6-18(17)14-20/h1-2,4,7-9,14H,3,5-6,10-13,16H2. The molecule has 1 heterocycles. The van der Waals surface area contributed by atoms with Gasteiger partial charge in [-0.05, 0) is 54.7 Å². The molecule has 0 atom stereocenters. The molecule has 8 heteroatoms. The maximum atomic E-state index is 12.9. The number of carbonyl (C=O) groups is 1. The van der Waals surface area contributed by atoms with Crippen LogP contribution in [0.4, 0.5) is 0 Å². The number of rotatable bonds is 5. The van der Waals surface area contributed by atoms with Gasteiger partial charge in [-0.15, -0.1) is 0 Å². The molecule has 1 aliphatic carbocycles. The van der Waals surface area contributed by atoms with Crippen molar-refractivity contribution in [1.29, 1.82) is 5.26 Å². The lowest BCUT2D eigenvalue weighted by molar-refractivity contribution is -0.134. The van der Waals surface area contributed by atoms with Crippen molar-refractivity contribution in [3.8, 4) is 11.8 Å². The summed E-state index contributed by atoms with van der Waals surface area (Å²) < 4.78 is 32.8. The number of nitrogens with zero attached hydrogens (tertiary/aromatic N) is 3. The molecule has 2 aromatic carbocycles. The van der Waals surface area contributed by atoms with E-state index in [-0.39, 0.29) is 36.1 Å². The molecule has 156 valence electrons. The topological polar surface area (TPSA) is 90.7 Å². The van der Waals surface area contributed by atoms with Gasteiger partial charge in [-0.1, -0.05) is 18.2 Å². The van der Waals surface area contributed by atoms with Gasteiger partial charge < -0.3 is 9.64 Å². The third kappa shape index (κ3) is 4.04. The van der Waals surface area contributed by atoms with Crippen molar-refractivity contribution in [2.24, 2.45) is 0 Å². The first kappa shape index (κ1) is 20.4. The quantitative estimate of drug-likeness (QED) is 0.730. The second-order valence-electron chi connectivity index (χ2n) is 7.47. The fraction of sp³-hybridized carbons (Fsp3) is 0.364. The summed E-state index contributed by atoms with van der Waals surface area (Å²) in [7, 11) is -3.77. The molecule has 0 unspecified atom stereocenters. The van der Waals surface area contributed by atoms with E-state index in [0.717, 1.165) is 19.3 Å². The molecule has 0 radical (unpaired) electrons. The molecule has 7 nitrogen and oxygen atoms in total. The van der Waals surface area contributed by atoms with Crippen molar-refractivity contribution >= 4 is 15.9 Å². The van der Waals surface area contributed by atoms with Gasteiger partial charge in [-0.25, -0.2) is 8.42 Å². The fourth-order valence-corrected chi connectivity index (χ4v) is 5.54. The second-order valence-corrected chi connectivity index (χ2v) is 9.37. The van der Waals surface area contributed by atoms with Gasteiger partial charge in [0.25, 0.3) is 5.91 Å². The van der Waals surface area contributed by atoms with Crippen LogP contribution in [0.3, 0.4) is 0 Å². The molecule has 1 aliphatic heterocycles. The highest BCUT2D eigenvalue weighted by atomic mass is 32.2. The Balaban J connectivity index is 1.34. The van der Waals surface area contributed by atoms with E-state index < -0.39 is 10.0 Å². The SMILES string of the molecule is N#Cc1ccccc1S(=O)(=O)N1CCN(C(=O)COc2ccc3c(c2)CCC3)CC1. The predicted molar refractivity (Wildman–Crippen MR) is 110 cm³/mol. The predicted octanol–water partition coefficient (Wildman–Crippen LogP) is 1.96. The van der Waals surface area contributed by atoms with E-state index in [1.54, 1.807) is 17.0 Å². The average Bonchev–Trinajstić information content (AvgIpc) is 3.25. The maximum absolute atomic E-state index is 12.9. The first-order valence-electron chi connectivity index (χ1n) is 10.0. The first-order chi connectivity index (χ1) is 14.5. The van der Waals surface area contributed by atoms with Crippen LogP contribution in [0.1, 0.15) is 23.1 Å². The lowest BCUT2D eigenvalue weighted by Gasteiger charge is -2.34. The van der Waals surface area contributed by atoms with Crippen LogP contribution >= 0.6 is 0 Å². The van der Waals surface area contributed by atoms with Crippen LogP contribution < -0.4 is 4.74 Å². The number of hydrogen-bond donors (Lipinski definition) is 0. The van der Waals surface area contributed by atoms with Crippen LogP contribution in [0, 0.1) is 11.3 Å². The number of benzene rings is 2. The van der Waals surface area contributed by atoms with Crippen LogP contribution in [0.25, 0.3) is 0 Å². The zero-order chi connectivity index (χ0) is 21.1. The summed E-state index contributed by atoms with van der Waals surface area (Å²) in [6, 6.07) is 14.1. The van der Waals surface area contributed by atoms with Crippen LogP contribution in [0.5, 0.6) is 5.75 Å². The Kier molecular flexibility index (Phi) is 5.75. The zero-order valence-electron chi connectivity index (χ0n) is 16.6. The first-order valence-corrected chi connectivity index (χ1v) is 11.4. The molecule has 2 aromatic rings. The number of nitriles is 1. The second kappa shape index (κ2) is 8.46. The van der Waals surface area contributed by atoms with Crippen LogP contribution in [0.15, 0.2) is 47.4 Å². The van der Waals surface area contributed by atoms with Crippen molar-refractivity contribution in [3.63, 3.8) is 0 Å². The van der Waals surface area contributed by atoms with E-state index in [1.807, 2.05) is 18.2 Å². The summed E-state index contributed by atoms with van der Waals surface area (Å²) in [6.07, 6.45) is 3.30. The third-order valence-corrected chi connectivity index (χ3v) is 7.61. The molecule has 4 rings (SSSR count). The Morgan fingerprint density at radius 3 is 2.53 bits per heavy atom. The number of sulfonamides is 1. The van der Waals surface area contributed by atoms with Crippen molar-refractivity contribution in [2.45, 2.75) is 24.2 Å². The number of hydrogen-bond acceptors (Lipinski definition) is 5. The number of aryl methyl sites for hydroxylation is 2. The molecule has 0 spiro atoms. The van der Waals surface area contributed by atoms with Crippen molar-refractivity contribution in [1.82, 2.24) is 9.21 Å². The largest absolute Gasteiger partial charge is 0.484 e. The minimum absolute atomic E-state index is 0.00668. The molecule has 0 N–H and O–H groups in total. The van der Waals surface area contributed by atoms with Gasteiger partial charge in [0.2, 0.25) is 10.0 Å². The molecule has 0 saturated carbocycles. The fourth-order valence-electron chi connectivity index (χ4n) is 3.98. The molecule has 0 aromatic heterocycles. The maximum Gasteiger partial charge on any atom is 0.260 e. The monoisotopic (exact) mass is 425 g/mol. The highest BCUT2D eigenvalue weighted by Crippen LogP contribution is 2.26. The van der Waals surface area contributed by atoms with Crippen LogP contribution in [-0.2, 0) is 27.7 Å². The third-order valence-electron chi connectivity index (χ3n) is 5.65. The van der Waals surface area contributed by atoms with E-state index in [9.17, 15) is 18.5 Å². The highest BCUT2D eigenvalue weighted by Gasteiger charge is 2.31. The minimum Gasteiger partial charge on any atom is -0.484 e. The van der Waals surface area contributed by atoms with E-state index in [2.05, 4.69) is 6.07 Å². The molecule has 1 amide bonds. The Bertz CT molecular complexity index is 1100. The Labute approximate surface area is 176 Å². The van der Waals surface area contributed by atoms with E-state index >= 15 is 0 Å². The summed E-state index contributed by atoms with van der Waals surface area (Å²) in [5, 5.41) is 9.20. The van der Waals surface area contributed by atoms with E-state index in [0.29, 0.717) is 18.8 Å². The Hall–Kier alpha value is -2.89. The molecular weight excluding hydrogens is 402 g/mol. The van der Waals surface area contributed by atoms with Gasteiger partial charge in [-0.3, -0.25) is 4.79 Å². The molecule has 0 bridgehead atoms. The van der Waals surface area contributed by atoms with E-state index in [4.69, 9.17) is 4.74 Å².